The van der Waals surface area contributed by atoms with E-state index in [0.717, 1.165) is 18.4 Å². The molecule has 1 atom stereocenters. The van der Waals surface area contributed by atoms with Crippen LogP contribution in [0.5, 0.6) is 0 Å². The van der Waals surface area contributed by atoms with Gasteiger partial charge in [0.05, 0.1) is 6.07 Å². The topological polar surface area (TPSA) is 87.2 Å². The highest BCUT2D eigenvalue weighted by Gasteiger charge is 2.40. The summed E-state index contributed by atoms with van der Waals surface area (Å²) in [4.78, 5) is 0. The number of nitrogens with zero attached hydrogens (tertiary/aromatic N) is 2. The minimum Gasteiger partial charge on any atom is -0.399 e. The average Bonchev–Trinajstić information content (AvgIpc) is 3.21. The van der Waals surface area contributed by atoms with Crippen LogP contribution in [0.3, 0.4) is 0 Å². The second kappa shape index (κ2) is 5.81. The molecule has 108 valence electrons. The van der Waals surface area contributed by atoms with E-state index >= 15 is 0 Å². The maximum Gasteiger partial charge on any atom is 0.231 e. The summed E-state index contributed by atoms with van der Waals surface area (Å²) in [5, 5.41) is 8.08. The fraction of sp³-hybridized carbons (Fsp3) is 0.500. The SMILES string of the molecule is CCC(C#N)S(=O)(=O)N(Cc1cccc(N)c1)C1CC1. The predicted molar refractivity (Wildman–Crippen MR) is 78.0 cm³/mol. The number of nitriles is 1. The third-order valence-electron chi connectivity index (χ3n) is 3.44. The lowest BCUT2D eigenvalue weighted by atomic mass is 10.2. The molecule has 1 unspecified atom stereocenters. The van der Waals surface area contributed by atoms with Gasteiger partial charge in [-0.05, 0) is 37.0 Å². The monoisotopic (exact) mass is 293 g/mol. The summed E-state index contributed by atoms with van der Waals surface area (Å²) in [6, 6.07) is 9.14. The Hall–Kier alpha value is -1.58. The first-order chi connectivity index (χ1) is 9.48. The van der Waals surface area contributed by atoms with Gasteiger partial charge >= 0.3 is 0 Å². The van der Waals surface area contributed by atoms with Gasteiger partial charge in [0, 0.05) is 18.3 Å². The Balaban J connectivity index is 2.26. The summed E-state index contributed by atoms with van der Waals surface area (Å²) in [7, 11) is -3.58. The van der Waals surface area contributed by atoms with Crippen LogP contribution in [-0.4, -0.2) is 24.0 Å². The van der Waals surface area contributed by atoms with Gasteiger partial charge in [-0.15, -0.1) is 0 Å². The summed E-state index contributed by atoms with van der Waals surface area (Å²) < 4.78 is 26.5. The highest BCUT2D eigenvalue weighted by Crippen LogP contribution is 2.32. The number of nitrogens with two attached hydrogens (primary N) is 1. The van der Waals surface area contributed by atoms with E-state index in [2.05, 4.69) is 0 Å². The number of sulfonamides is 1. The molecule has 0 bridgehead atoms. The summed E-state index contributed by atoms with van der Waals surface area (Å²) >= 11 is 0. The molecular weight excluding hydrogens is 274 g/mol. The lowest BCUT2D eigenvalue weighted by Crippen LogP contribution is -2.39. The van der Waals surface area contributed by atoms with Crippen molar-refractivity contribution in [1.82, 2.24) is 4.31 Å². The molecule has 0 heterocycles. The standard InChI is InChI=1S/C14H19N3O2S/c1-2-14(9-15)20(18,19)17(13-6-7-13)10-11-4-3-5-12(16)8-11/h3-5,8,13-14H,2,6-7,10,16H2,1H3. The Labute approximate surface area is 120 Å². The second-order valence-electron chi connectivity index (χ2n) is 5.09. The number of nitrogen functional groups attached to an aromatic ring is 1. The summed E-state index contributed by atoms with van der Waals surface area (Å²) in [5.41, 5.74) is 7.20. The third-order valence-corrected chi connectivity index (χ3v) is 5.68. The molecule has 2 rings (SSSR count). The molecule has 2 N–H and O–H groups in total. The number of rotatable bonds is 6. The van der Waals surface area contributed by atoms with Gasteiger partial charge in [-0.1, -0.05) is 19.1 Å². The number of hydrogen-bond acceptors (Lipinski definition) is 4. The lowest BCUT2D eigenvalue weighted by molar-refractivity contribution is 0.394. The zero-order chi connectivity index (χ0) is 14.8. The van der Waals surface area contributed by atoms with E-state index in [1.54, 1.807) is 19.1 Å². The van der Waals surface area contributed by atoms with Crippen LogP contribution < -0.4 is 5.73 Å². The Kier molecular flexibility index (Phi) is 4.31. The fourth-order valence-electron chi connectivity index (χ4n) is 2.19. The van der Waals surface area contributed by atoms with Crippen LogP contribution in [0.2, 0.25) is 0 Å². The maximum atomic E-state index is 12.5. The van der Waals surface area contributed by atoms with Crippen molar-refractivity contribution in [3.8, 4) is 6.07 Å². The minimum absolute atomic E-state index is 0.0313. The predicted octanol–water partition coefficient (Wildman–Crippen LogP) is 1.87. The third kappa shape index (κ3) is 3.11. The molecule has 5 nitrogen and oxygen atoms in total. The van der Waals surface area contributed by atoms with Crippen molar-refractivity contribution in [3.63, 3.8) is 0 Å². The highest BCUT2D eigenvalue weighted by atomic mass is 32.2. The van der Waals surface area contributed by atoms with Crippen LogP contribution in [0.4, 0.5) is 5.69 Å². The zero-order valence-electron chi connectivity index (χ0n) is 11.5. The largest absolute Gasteiger partial charge is 0.399 e. The second-order valence-corrected chi connectivity index (χ2v) is 7.16. The van der Waals surface area contributed by atoms with Gasteiger partial charge in [-0.3, -0.25) is 0 Å². The Morgan fingerprint density at radius 1 is 1.50 bits per heavy atom. The minimum atomic E-state index is -3.58. The van der Waals surface area contributed by atoms with E-state index < -0.39 is 15.3 Å². The maximum absolute atomic E-state index is 12.5. The van der Waals surface area contributed by atoms with Crippen molar-refractivity contribution >= 4 is 15.7 Å². The molecule has 1 aromatic carbocycles. The molecule has 1 aliphatic carbocycles. The van der Waals surface area contributed by atoms with E-state index in [1.165, 1.54) is 4.31 Å². The molecule has 1 fully saturated rings. The van der Waals surface area contributed by atoms with Crippen LogP contribution in [0.1, 0.15) is 31.7 Å². The summed E-state index contributed by atoms with van der Waals surface area (Å²) in [5.74, 6) is 0. The fourth-order valence-corrected chi connectivity index (χ4v) is 4.03. The van der Waals surface area contributed by atoms with Gasteiger partial charge in [-0.25, -0.2) is 8.42 Å². The first kappa shape index (κ1) is 14.8. The van der Waals surface area contributed by atoms with Crippen LogP contribution in [0.25, 0.3) is 0 Å². The van der Waals surface area contributed by atoms with Crippen LogP contribution in [0.15, 0.2) is 24.3 Å². The van der Waals surface area contributed by atoms with Crippen molar-refractivity contribution in [2.75, 3.05) is 5.73 Å². The lowest BCUT2D eigenvalue weighted by Gasteiger charge is -2.24. The first-order valence-corrected chi connectivity index (χ1v) is 8.24. The van der Waals surface area contributed by atoms with Crippen molar-refractivity contribution < 1.29 is 8.42 Å². The van der Waals surface area contributed by atoms with Gasteiger partial charge < -0.3 is 5.73 Å². The normalized spacial score (nSPS) is 16.9. The molecule has 0 aromatic heterocycles. The molecule has 0 radical (unpaired) electrons. The van der Waals surface area contributed by atoms with E-state index in [4.69, 9.17) is 11.0 Å². The van der Waals surface area contributed by atoms with E-state index in [9.17, 15) is 8.42 Å². The zero-order valence-corrected chi connectivity index (χ0v) is 12.3. The molecule has 0 spiro atoms. The average molecular weight is 293 g/mol. The van der Waals surface area contributed by atoms with Crippen molar-refractivity contribution in [1.29, 1.82) is 5.26 Å². The smallest absolute Gasteiger partial charge is 0.231 e. The van der Waals surface area contributed by atoms with Gasteiger partial charge in [0.15, 0.2) is 5.25 Å². The van der Waals surface area contributed by atoms with E-state index in [1.807, 2.05) is 18.2 Å². The molecule has 20 heavy (non-hydrogen) atoms. The molecular formula is C14H19N3O2S. The van der Waals surface area contributed by atoms with Gasteiger partial charge in [0.1, 0.15) is 0 Å². The van der Waals surface area contributed by atoms with Crippen molar-refractivity contribution in [3.05, 3.63) is 29.8 Å². The highest BCUT2D eigenvalue weighted by molar-refractivity contribution is 7.90. The Morgan fingerprint density at radius 3 is 2.70 bits per heavy atom. The molecule has 0 aliphatic heterocycles. The number of anilines is 1. The summed E-state index contributed by atoms with van der Waals surface area (Å²) in [6.07, 6.45) is 2.03. The Bertz CT molecular complexity index is 618. The summed E-state index contributed by atoms with van der Waals surface area (Å²) in [6.45, 7) is 2.01. The molecule has 1 aromatic rings. The number of hydrogen-bond donors (Lipinski definition) is 1. The number of benzene rings is 1. The Morgan fingerprint density at radius 2 is 2.20 bits per heavy atom. The van der Waals surface area contributed by atoms with Crippen LogP contribution >= 0.6 is 0 Å². The van der Waals surface area contributed by atoms with E-state index in [-0.39, 0.29) is 12.6 Å². The van der Waals surface area contributed by atoms with Gasteiger partial charge in [0.25, 0.3) is 0 Å². The van der Waals surface area contributed by atoms with E-state index in [0.29, 0.717) is 12.1 Å². The molecule has 1 aliphatic rings. The van der Waals surface area contributed by atoms with Gasteiger partial charge in [-0.2, -0.15) is 9.57 Å². The first-order valence-electron chi connectivity index (χ1n) is 6.73. The van der Waals surface area contributed by atoms with Crippen molar-refractivity contribution in [2.24, 2.45) is 0 Å². The van der Waals surface area contributed by atoms with Crippen molar-refractivity contribution in [2.45, 2.75) is 44.0 Å². The molecule has 6 heteroatoms. The molecule has 1 saturated carbocycles. The van der Waals surface area contributed by atoms with Gasteiger partial charge in [0.2, 0.25) is 10.0 Å². The quantitative estimate of drug-likeness (QED) is 0.811. The van der Waals surface area contributed by atoms with Crippen LogP contribution in [0, 0.1) is 11.3 Å². The molecule has 0 amide bonds. The molecule has 0 saturated heterocycles. The van der Waals surface area contributed by atoms with Crippen LogP contribution in [-0.2, 0) is 16.6 Å².